The minimum absolute atomic E-state index is 0.259. The number of benzene rings is 2. The van der Waals surface area contributed by atoms with Gasteiger partial charge in [0.25, 0.3) is 5.91 Å². The Balaban J connectivity index is 2.39. The molecule has 6 nitrogen and oxygen atoms in total. The highest BCUT2D eigenvalue weighted by molar-refractivity contribution is 6.39. The molecule has 0 aromatic heterocycles. The molecule has 0 bridgehead atoms. The molecule has 0 saturated carbocycles. The van der Waals surface area contributed by atoms with Crippen molar-refractivity contribution in [3.63, 3.8) is 0 Å². The topological polar surface area (TPSA) is 82.8 Å². The molecule has 8 heteroatoms. The third kappa shape index (κ3) is 5.11. The fraction of sp³-hybridized carbons (Fsp3) is 0.316. The first-order valence-corrected chi connectivity index (χ1v) is 9.29. The van der Waals surface area contributed by atoms with Crippen molar-refractivity contribution in [2.24, 2.45) is 0 Å². The molecular formula is C19H22Cl2N2O4. The van der Waals surface area contributed by atoms with Crippen LogP contribution in [0.15, 0.2) is 24.3 Å². The molecule has 2 aromatic carbocycles. The van der Waals surface area contributed by atoms with Gasteiger partial charge in [-0.05, 0) is 45.0 Å². The number of carbonyl (C=O) groups is 1. The Labute approximate surface area is 168 Å². The van der Waals surface area contributed by atoms with Gasteiger partial charge in [-0.25, -0.2) is 0 Å². The number of halogens is 2. The Morgan fingerprint density at radius 1 is 0.926 bits per heavy atom. The molecule has 0 fully saturated rings. The summed E-state index contributed by atoms with van der Waals surface area (Å²) in [4.78, 5) is 12.7. The van der Waals surface area contributed by atoms with E-state index in [9.17, 15) is 4.79 Å². The number of nitrogens with one attached hydrogen (secondary N) is 1. The number of carbonyl (C=O) groups excluding carboxylic acids is 1. The number of anilines is 2. The van der Waals surface area contributed by atoms with Gasteiger partial charge in [0.1, 0.15) is 0 Å². The second-order valence-corrected chi connectivity index (χ2v) is 6.22. The second-order valence-electron chi connectivity index (χ2n) is 5.41. The van der Waals surface area contributed by atoms with Gasteiger partial charge >= 0.3 is 0 Å². The summed E-state index contributed by atoms with van der Waals surface area (Å²) in [5, 5.41) is 3.26. The minimum atomic E-state index is -0.378. The molecule has 0 heterocycles. The van der Waals surface area contributed by atoms with Crippen LogP contribution < -0.4 is 25.3 Å². The summed E-state index contributed by atoms with van der Waals surface area (Å²) in [6, 6.07) is 6.27. The third-order valence-electron chi connectivity index (χ3n) is 3.51. The Morgan fingerprint density at radius 2 is 1.41 bits per heavy atom. The summed E-state index contributed by atoms with van der Waals surface area (Å²) < 4.78 is 16.9. The predicted molar refractivity (Wildman–Crippen MR) is 109 cm³/mol. The van der Waals surface area contributed by atoms with Gasteiger partial charge in [0, 0.05) is 11.3 Å². The molecule has 0 aliphatic heterocycles. The Bertz CT molecular complexity index is 777. The van der Waals surface area contributed by atoms with E-state index in [1.165, 1.54) is 12.1 Å². The number of hydrogen-bond acceptors (Lipinski definition) is 5. The van der Waals surface area contributed by atoms with Crippen LogP contribution in [0, 0.1) is 0 Å². The molecule has 0 radical (unpaired) electrons. The van der Waals surface area contributed by atoms with Gasteiger partial charge in [-0.15, -0.1) is 0 Å². The Hall–Kier alpha value is -2.31. The van der Waals surface area contributed by atoms with Crippen molar-refractivity contribution < 1.29 is 19.0 Å². The highest BCUT2D eigenvalue weighted by Gasteiger charge is 2.19. The quantitative estimate of drug-likeness (QED) is 0.594. The van der Waals surface area contributed by atoms with Crippen LogP contribution in [0.25, 0.3) is 0 Å². The van der Waals surface area contributed by atoms with E-state index >= 15 is 0 Å². The van der Waals surface area contributed by atoms with Crippen molar-refractivity contribution in [3.05, 3.63) is 39.9 Å². The molecule has 3 N–H and O–H groups in total. The van der Waals surface area contributed by atoms with E-state index < -0.39 is 0 Å². The van der Waals surface area contributed by atoms with Crippen LogP contribution in [0.5, 0.6) is 17.2 Å². The number of amides is 1. The average molecular weight is 413 g/mol. The van der Waals surface area contributed by atoms with Crippen LogP contribution in [0.4, 0.5) is 11.4 Å². The molecule has 1 amide bonds. The summed E-state index contributed by atoms with van der Waals surface area (Å²) in [6.45, 7) is 6.83. The summed E-state index contributed by atoms with van der Waals surface area (Å²) in [5.41, 5.74) is 6.75. The molecule has 0 unspecified atom stereocenters. The number of nitrogens with two attached hydrogens (primary N) is 1. The molecule has 0 aliphatic carbocycles. The zero-order valence-corrected chi connectivity index (χ0v) is 16.9. The van der Waals surface area contributed by atoms with Gasteiger partial charge in [-0.2, -0.15) is 0 Å². The highest BCUT2D eigenvalue weighted by Crippen LogP contribution is 2.39. The first-order chi connectivity index (χ1) is 12.9. The maximum Gasteiger partial charge on any atom is 0.255 e. The number of rotatable bonds is 8. The Kier molecular flexibility index (Phi) is 7.45. The second kappa shape index (κ2) is 9.58. The summed E-state index contributed by atoms with van der Waals surface area (Å²) in [7, 11) is 0. The molecule has 146 valence electrons. The lowest BCUT2D eigenvalue weighted by Crippen LogP contribution is -2.13. The van der Waals surface area contributed by atoms with Crippen LogP contribution in [0.3, 0.4) is 0 Å². The van der Waals surface area contributed by atoms with E-state index in [0.29, 0.717) is 48.3 Å². The molecule has 0 spiro atoms. The van der Waals surface area contributed by atoms with Crippen molar-refractivity contribution in [2.75, 3.05) is 30.9 Å². The average Bonchev–Trinajstić information content (AvgIpc) is 2.62. The van der Waals surface area contributed by atoms with E-state index in [0.717, 1.165) is 0 Å². The van der Waals surface area contributed by atoms with Gasteiger partial charge in [0.05, 0.1) is 35.6 Å². The number of nitrogen functional groups attached to an aromatic ring is 1. The van der Waals surface area contributed by atoms with E-state index in [1.807, 2.05) is 20.8 Å². The standard InChI is InChI=1S/C19H22Cl2N2O4/c1-4-25-15-7-11(8-16(26-5-2)18(15)27-6-3)19(24)23-12-9-13(20)17(22)14(21)10-12/h7-10H,4-6,22H2,1-3H3,(H,23,24). The third-order valence-corrected chi connectivity index (χ3v) is 4.13. The lowest BCUT2D eigenvalue weighted by atomic mass is 10.1. The van der Waals surface area contributed by atoms with Gasteiger partial charge in [0.15, 0.2) is 11.5 Å². The molecule has 27 heavy (non-hydrogen) atoms. The van der Waals surface area contributed by atoms with E-state index in [-0.39, 0.29) is 21.6 Å². The minimum Gasteiger partial charge on any atom is -0.490 e. The van der Waals surface area contributed by atoms with E-state index in [2.05, 4.69) is 5.32 Å². The van der Waals surface area contributed by atoms with Gasteiger partial charge in [-0.3, -0.25) is 4.79 Å². The fourth-order valence-corrected chi connectivity index (χ4v) is 2.87. The van der Waals surface area contributed by atoms with Gasteiger partial charge < -0.3 is 25.3 Å². The lowest BCUT2D eigenvalue weighted by molar-refractivity contribution is 0.102. The van der Waals surface area contributed by atoms with Crippen molar-refractivity contribution in [3.8, 4) is 17.2 Å². The molecule has 0 aliphatic rings. The highest BCUT2D eigenvalue weighted by atomic mass is 35.5. The van der Waals surface area contributed by atoms with E-state index in [1.54, 1.807) is 12.1 Å². The lowest BCUT2D eigenvalue weighted by Gasteiger charge is -2.17. The largest absolute Gasteiger partial charge is 0.490 e. The zero-order valence-electron chi connectivity index (χ0n) is 15.4. The Morgan fingerprint density at radius 3 is 1.85 bits per heavy atom. The molecular weight excluding hydrogens is 391 g/mol. The van der Waals surface area contributed by atoms with Crippen LogP contribution in [0.1, 0.15) is 31.1 Å². The SMILES string of the molecule is CCOc1cc(C(=O)Nc2cc(Cl)c(N)c(Cl)c2)cc(OCC)c1OCC. The fourth-order valence-electron chi connectivity index (χ4n) is 2.38. The van der Waals surface area contributed by atoms with Crippen molar-refractivity contribution in [1.29, 1.82) is 0 Å². The summed E-state index contributed by atoms with van der Waals surface area (Å²) >= 11 is 12.0. The van der Waals surface area contributed by atoms with Crippen molar-refractivity contribution in [2.45, 2.75) is 20.8 Å². The molecule has 2 aromatic rings. The van der Waals surface area contributed by atoms with E-state index in [4.69, 9.17) is 43.1 Å². The van der Waals surface area contributed by atoms with Crippen LogP contribution in [0.2, 0.25) is 10.0 Å². The van der Waals surface area contributed by atoms with Crippen LogP contribution in [-0.4, -0.2) is 25.7 Å². The first-order valence-electron chi connectivity index (χ1n) is 8.53. The smallest absolute Gasteiger partial charge is 0.255 e. The van der Waals surface area contributed by atoms with Gasteiger partial charge in [-0.1, -0.05) is 23.2 Å². The summed E-state index contributed by atoms with van der Waals surface area (Å²) in [5.74, 6) is 0.959. The van der Waals surface area contributed by atoms with Crippen molar-refractivity contribution in [1.82, 2.24) is 0 Å². The maximum absolute atomic E-state index is 12.7. The summed E-state index contributed by atoms with van der Waals surface area (Å²) in [6.07, 6.45) is 0. The predicted octanol–water partition coefficient (Wildman–Crippen LogP) is 5.02. The van der Waals surface area contributed by atoms with Crippen molar-refractivity contribution >= 4 is 40.5 Å². The normalized spacial score (nSPS) is 10.4. The maximum atomic E-state index is 12.7. The monoisotopic (exact) mass is 412 g/mol. The zero-order chi connectivity index (χ0) is 20.0. The van der Waals surface area contributed by atoms with Crippen LogP contribution in [-0.2, 0) is 0 Å². The van der Waals surface area contributed by atoms with Crippen LogP contribution >= 0.6 is 23.2 Å². The number of hydrogen-bond donors (Lipinski definition) is 2. The molecule has 2 rings (SSSR count). The molecule has 0 atom stereocenters. The molecule has 0 saturated heterocycles. The number of ether oxygens (including phenoxy) is 3. The van der Waals surface area contributed by atoms with Gasteiger partial charge in [0.2, 0.25) is 5.75 Å². The first kappa shape index (κ1) is 21.0.